The molecule has 0 saturated carbocycles. The molecule has 11 nitrogen and oxygen atoms in total. The number of nitrogens with one attached hydrogen (secondary N) is 1. The summed E-state index contributed by atoms with van der Waals surface area (Å²) in [5.74, 6) is -1.44. The van der Waals surface area contributed by atoms with Crippen molar-refractivity contribution in [2.45, 2.75) is 57.1 Å². The molecule has 0 radical (unpaired) electrons. The Hall–Kier alpha value is -2.05. The van der Waals surface area contributed by atoms with E-state index in [0.717, 1.165) is 0 Å². The number of anilines is 1. The third kappa shape index (κ3) is 3.57. The lowest BCUT2D eigenvalue weighted by Crippen LogP contribution is -2.36. The Morgan fingerprint density at radius 1 is 1.50 bits per heavy atom. The molecule has 2 saturated heterocycles. The molecular formula is C15H22N4O7. The minimum atomic E-state index is -0.885. The molecule has 144 valence electrons. The van der Waals surface area contributed by atoms with Gasteiger partial charge in [-0.1, -0.05) is 0 Å². The van der Waals surface area contributed by atoms with Crippen molar-refractivity contribution in [3.63, 3.8) is 0 Å². The van der Waals surface area contributed by atoms with Crippen LogP contribution < -0.4 is 16.9 Å². The van der Waals surface area contributed by atoms with Crippen molar-refractivity contribution in [1.82, 2.24) is 9.55 Å². The van der Waals surface area contributed by atoms with Crippen LogP contribution in [0.15, 0.2) is 17.1 Å². The van der Waals surface area contributed by atoms with Crippen LogP contribution in [-0.2, 0) is 23.7 Å². The molecule has 5 atom stereocenters. The van der Waals surface area contributed by atoms with Crippen LogP contribution in [0.2, 0.25) is 0 Å². The van der Waals surface area contributed by atoms with E-state index in [-0.39, 0.29) is 12.4 Å². The van der Waals surface area contributed by atoms with Crippen LogP contribution in [-0.4, -0.2) is 57.5 Å². The van der Waals surface area contributed by atoms with E-state index in [1.807, 2.05) is 0 Å². The summed E-state index contributed by atoms with van der Waals surface area (Å²) in [4.78, 5) is 27.5. The van der Waals surface area contributed by atoms with Gasteiger partial charge in [0.15, 0.2) is 17.8 Å². The summed E-state index contributed by atoms with van der Waals surface area (Å²) in [7, 11) is 0. The molecule has 3 rings (SSSR count). The lowest BCUT2D eigenvalue weighted by molar-refractivity contribution is -0.203. The van der Waals surface area contributed by atoms with Gasteiger partial charge in [0, 0.05) is 6.20 Å². The van der Waals surface area contributed by atoms with E-state index >= 15 is 0 Å². The maximum absolute atomic E-state index is 12.2. The van der Waals surface area contributed by atoms with Crippen LogP contribution in [0.25, 0.3) is 0 Å². The van der Waals surface area contributed by atoms with E-state index < -0.39 is 48.0 Å². The fourth-order valence-electron chi connectivity index (χ4n) is 2.98. The molecule has 0 unspecified atom stereocenters. The van der Waals surface area contributed by atoms with Gasteiger partial charge in [-0.3, -0.25) is 20.0 Å². The molecule has 0 aromatic carbocycles. The third-order valence-corrected chi connectivity index (χ3v) is 4.11. The summed E-state index contributed by atoms with van der Waals surface area (Å²) in [5.41, 5.74) is 6.65. The van der Waals surface area contributed by atoms with Crippen molar-refractivity contribution < 1.29 is 28.9 Å². The molecule has 0 aliphatic carbocycles. The molecule has 0 amide bonds. The third-order valence-electron chi connectivity index (χ3n) is 4.11. The van der Waals surface area contributed by atoms with Crippen molar-refractivity contribution in [1.29, 1.82) is 0 Å². The molecule has 4 N–H and O–H groups in total. The van der Waals surface area contributed by atoms with Gasteiger partial charge in [0.25, 0.3) is 0 Å². The van der Waals surface area contributed by atoms with Gasteiger partial charge in [0.1, 0.15) is 31.0 Å². The molecule has 11 heteroatoms. The summed E-state index contributed by atoms with van der Waals surface area (Å²) in [6.07, 6.45) is -1.19. The van der Waals surface area contributed by atoms with Gasteiger partial charge < -0.3 is 24.7 Å². The molecule has 0 spiro atoms. The number of nitrogens with two attached hydrogens (primary N) is 1. The molecule has 2 aliphatic rings. The van der Waals surface area contributed by atoms with Crippen molar-refractivity contribution in [2.24, 2.45) is 5.73 Å². The normalized spacial score (nSPS) is 30.7. The topological polar surface area (TPSA) is 147 Å². The largest absolute Gasteiger partial charge is 0.462 e. The summed E-state index contributed by atoms with van der Waals surface area (Å²) >= 11 is 0. The average molecular weight is 370 g/mol. The molecule has 3 heterocycles. The van der Waals surface area contributed by atoms with E-state index in [1.54, 1.807) is 19.3 Å². The van der Waals surface area contributed by atoms with Gasteiger partial charge >= 0.3 is 11.7 Å². The first kappa shape index (κ1) is 18.7. The first-order valence-corrected chi connectivity index (χ1v) is 8.14. The number of esters is 1. The Labute approximate surface area is 148 Å². The maximum Gasteiger partial charge on any atom is 0.351 e. The minimum absolute atomic E-state index is 0.00660. The second-order valence-corrected chi connectivity index (χ2v) is 6.66. The van der Waals surface area contributed by atoms with Gasteiger partial charge in [0.05, 0.1) is 0 Å². The highest BCUT2D eigenvalue weighted by atomic mass is 16.8. The Balaban J connectivity index is 1.83. The lowest BCUT2D eigenvalue weighted by Gasteiger charge is -2.24. The number of carbonyl (C=O) groups excluding carboxylic acids is 1. The fraction of sp³-hybridized carbons (Fsp3) is 0.667. The Morgan fingerprint density at radius 2 is 2.19 bits per heavy atom. The van der Waals surface area contributed by atoms with Crippen molar-refractivity contribution in [2.75, 3.05) is 12.1 Å². The highest BCUT2D eigenvalue weighted by Gasteiger charge is 2.56. The van der Waals surface area contributed by atoms with Gasteiger partial charge in [-0.2, -0.15) is 4.98 Å². The number of hydrogen-bond acceptors (Lipinski definition) is 10. The van der Waals surface area contributed by atoms with Crippen LogP contribution in [0.5, 0.6) is 0 Å². The van der Waals surface area contributed by atoms with E-state index in [0.29, 0.717) is 0 Å². The predicted octanol–water partition coefficient (Wildman–Crippen LogP) is -0.648. The second-order valence-electron chi connectivity index (χ2n) is 6.66. The summed E-state index contributed by atoms with van der Waals surface area (Å²) < 4.78 is 24.0. The minimum Gasteiger partial charge on any atom is -0.462 e. The first-order chi connectivity index (χ1) is 12.2. The molecular weight excluding hydrogens is 348 g/mol. The monoisotopic (exact) mass is 370 g/mol. The zero-order valence-corrected chi connectivity index (χ0v) is 14.6. The quantitative estimate of drug-likeness (QED) is 0.451. The van der Waals surface area contributed by atoms with Crippen LogP contribution in [0.3, 0.4) is 0 Å². The highest BCUT2D eigenvalue weighted by molar-refractivity contribution is 5.74. The molecule has 1 aromatic rings. The molecule has 1 aromatic heterocycles. The maximum atomic E-state index is 12.2. The van der Waals surface area contributed by atoms with Crippen LogP contribution >= 0.6 is 0 Å². The van der Waals surface area contributed by atoms with Gasteiger partial charge in [-0.25, -0.2) is 4.79 Å². The predicted molar refractivity (Wildman–Crippen MR) is 86.2 cm³/mol. The van der Waals surface area contributed by atoms with E-state index in [4.69, 9.17) is 29.9 Å². The second kappa shape index (κ2) is 6.93. The Kier molecular flexibility index (Phi) is 4.99. The number of carbonyl (C=O) groups is 1. The lowest BCUT2D eigenvalue weighted by atomic mass is 10.1. The van der Waals surface area contributed by atoms with Crippen LogP contribution in [0.1, 0.15) is 27.0 Å². The van der Waals surface area contributed by atoms with Crippen LogP contribution in [0.4, 0.5) is 5.82 Å². The number of rotatable bonds is 5. The Bertz CT molecular complexity index is 735. The van der Waals surface area contributed by atoms with E-state index in [1.165, 1.54) is 23.8 Å². The number of nitrogens with zero attached hydrogens (tertiary/aromatic N) is 2. The zero-order chi connectivity index (χ0) is 19.1. The fourth-order valence-corrected chi connectivity index (χ4v) is 2.98. The van der Waals surface area contributed by atoms with Crippen LogP contribution in [0, 0.1) is 0 Å². The summed E-state index contributed by atoms with van der Waals surface area (Å²) in [5, 5.41) is 8.85. The average Bonchev–Trinajstić information content (AvgIpc) is 3.05. The first-order valence-electron chi connectivity index (χ1n) is 8.14. The molecule has 2 aliphatic heterocycles. The number of ether oxygens (including phenoxy) is 4. The van der Waals surface area contributed by atoms with Gasteiger partial charge in [-0.05, 0) is 26.8 Å². The number of aromatic nitrogens is 2. The highest BCUT2D eigenvalue weighted by Crippen LogP contribution is 2.42. The Morgan fingerprint density at radius 3 is 2.81 bits per heavy atom. The SMILES string of the molecule is C[C@H](N)C(=O)OC[C@H]1O[C@@H](n2ccc(NO)nc2=O)[C@@H]2OC(C)(C)O[C@@H]21. The van der Waals surface area contributed by atoms with Gasteiger partial charge in [-0.15, -0.1) is 0 Å². The zero-order valence-electron chi connectivity index (χ0n) is 14.6. The summed E-state index contributed by atoms with van der Waals surface area (Å²) in [6.45, 7) is 4.92. The van der Waals surface area contributed by atoms with Crippen molar-refractivity contribution >= 4 is 11.8 Å². The van der Waals surface area contributed by atoms with E-state index in [9.17, 15) is 9.59 Å². The molecule has 26 heavy (non-hydrogen) atoms. The number of hydrogen-bond donors (Lipinski definition) is 3. The number of fused-ring (bicyclic) bond motifs is 1. The standard InChI is InChI=1S/C15H22N4O7/c1-7(16)13(20)23-6-8-10-11(26-15(2,3)25-10)12(24-8)19-5-4-9(18-22)17-14(19)21/h4-5,7-8,10-12,22H,6,16H2,1-3H3,(H,17,18,21)/t7-,8+,10+,11+,12+/m0/s1. The smallest absolute Gasteiger partial charge is 0.351 e. The molecule has 2 fully saturated rings. The van der Waals surface area contributed by atoms with Crippen molar-refractivity contribution in [3.05, 3.63) is 22.7 Å². The summed E-state index contributed by atoms with van der Waals surface area (Å²) in [6, 6.07) is 0.648. The van der Waals surface area contributed by atoms with Crippen molar-refractivity contribution in [3.8, 4) is 0 Å². The molecule has 0 bridgehead atoms. The van der Waals surface area contributed by atoms with Gasteiger partial charge in [0.2, 0.25) is 0 Å². The van der Waals surface area contributed by atoms with E-state index in [2.05, 4.69) is 4.98 Å².